The summed E-state index contributed by atoms with van der Waals surface area (Å²) in [6, 6.07) is 13.2. The fourth-order valence-electron chi connectivity index (χ4n) is 3.86. The first-order chi connectivity index (χ1) is 13.1. The summed E-state index contributed by atoms with van der Waals surface area (Å²) in [5.74, 6) is 0.829. The van der Waals surface area contributed by atoms with Crippen LogP contribution in [0, 0.1) is 0 Å². The third-order valence-corrected chi connectivity index (χ3v) is 5.43. The number of pyridine rings is 1. The summed E-state index contributed by atoms with van der Waals surface area (Å²) in [6.45, 7) is 3.88. The first-order valence-electron chi connectivity index (χ1n) is 9.29. The molecule has 1 spiro atoms. The van der Waals surface area contributed by atoms with Gasteiger partial charge in [-0.05, 0) is 18.2 Å². The van der Waals surface area contributed by atoms with Crippen molar-refractivity contribution in [1.82, 2.24) is 14.8 Å². The number of hydrogen-bond donors (Lipinski definition) is 0. The van der Waals surface area contributed by atoms with Crippen molar-refractivity contribution in [3.05, 3.63) is 59.9 Å². The summed E-state index contributed by atoms with van der Waals surface area (Å²) < 4.78 is 6.45. The molecular formula is C21H23N3O3. The molecule has 2 aliphatic heterocycles. The van der Waals surface area contributed by atoms with Gasteiger partial charge in [0.15, 0.2) is 0 Å². The van der Waals surface area contributed by atoms with Gasteiger partial charge in [0.2, 0.25) is 5.91 Å². The molecule has 0 atom stereocenters. The third kappa shape index (κ3) is 3.52. The molecular weight excluding hydrogens is 342 g/mol. The van der Waals surface area contributed by atoms with Crippen LogP contribution in [0.25, 0.3) is 0 Å². The number of likely N-dealkylation sites (tertiary alicyclic amines) is 1. The Hall–Kier alpha value is -2.89. The van der Waals surface area contributed by atoms with Crippen molar-refractivity contribution in [2.75, 3.05) is 19.6 Å². The minimum atomic E-state index is -0.459. The number of fused-ring (bicyclic) bond motifs is 1. The van der Waals surface area contributed by atoms with Gasteiger partial charge in [-0.3, -0.25) is 14.6 Å². The van der Waals surface area contributed by atoms with Crippen LogP contribution in [-0.4, -0.2) is 51.8 Å². The van der Waals surface area contributed by atoms with E-state index in [-0.39, 0.29) is 11.8 Å². The molecule has 1 saturated heterocycles. The predicted molar refractivity (Wildman–Crippen MR) is 100 cm³/mol. The fourth-order valence-corrected chi connectivity index (χ4v) is 3.86. The zero-order valence-corrected chi connectivity index (χ0v) is 15.4. The molecule has 0 N–H and O–H groups in total. The topological polar surface area (TPSA) is 62.7 Å². The van der Waals surface area contributed by atoms with E-state index < -0.39 is 5.60 Å². The van der Waals surface area contributed by atoms with Crippen molar-refractivity contribution in [1.29, 1.82) is 0 Å². The molecule has 2 aliphatic rings. The van der Waals surface area contributed by atoms with Crippen molar-refractivity contribution >= 4 is 11.8 Å². The van der Waals surface area contributed by atoms with Gasteiger partial charge in [-0.1, -0.05) is 24.3 Å². The lowest BCUT2D eigenvalue weighted by atomic mass is 9.90. The maximum Gasteiger partial charge on any atom is 0.272 e. The van der Waals surface area contributed by atoms with E-state index in [1.165, 1.54) is 0 Å². The molecule has 0 unspecified atom stereocenters. The first kappa shape index (κ1) is 17.5. The standard InChI is InChI=1S/C21H23N3O3/c1-16(25)24-14-17-6-2-3-8-19(17)27-21(15-24)9-12-23(13-10-21)20(26)18-7-4-5-11-22-18/h2-8,11H,9-10,12-15H2,1H3. The Morgan fingerprint density at radius 3 is 2.48 bits per heavy atom. The zero-order chi connectivity index (χ0) is 18.9. The lowest BCUT2D eigenvalue weighted by Gasteiger charge is -2.42. The molecule has 2 aromatic rings. The molecule has 0 radical (unpaired) electrons. The molecule has 6 nitrogen and oxygen atoms in total. The van der Waals surface area contributed by atoms with Crippen LogP contribution >= 0.6 is 0 Å². The van der Waals surface area contributed by atoms with E-state index in [2.05, 4.69) is 4.98 Å². The molecule has 1 fully saturated rings. The van der Waals surface area contributed by atoms with E-state index in [0.717, 1.165) is 11.3 Å². The molecule has 3 heterocycles. The van der Waals surface area contributed by atoms with Crippen LogP contribution in [-0.2, 0) is 11.3 Å². The minimum Gasteiger partial charge on any atom is -0.485 e. The number of hydrogen-bond acceptors (Lipinski definition) is 4. The van der Waals surface area contributed by atoms with Gasteiger partial charge < -0.3 is 14.5 Å². The average molecular weight is 365 g/mol. The summed E-state index contributed by atoms with van der Waals surface area (Å²) in [5.41, 5.74) is 1.03. The second-order valence-electron chi connectivity index (χ2n) is 7.28. The predicted octanol–water partition coefficient (Wildman–Crippen LogP) is 2.50. The molecule has 4 rings (SSSR count). The maximum atomic E-state index is 12.7. The normalized spacial score (nSPS) is 18.4. The van der Waals surface area contributed by atoms with Gasteiger partial charge in [-0.2, -0.15) is 0 Å². The second-order valence-corrected chi connectivity index (χ2v) is 7.28. The van der Waals surface area contributed by atoms with Gasteiger partial charge in [0.25, 0.3) is 5.91 Å². The average Bonchev–Trinajstić information content (AvgIpc) is 2.85. The van der Waals surface area contributed by atoms with Crippen molar-refractivity contribution in [3.8, 4) is 5.75 Å². The molecule has 2 amide bonds. The van der Waals surface area contributed by atoms with Crippen LogP contribution in [0.15, 0.2) is 48.7 Å². The molecule has 0 saturated carbocycles. The Morgan fingerprint density at radius 2 is 1.78 bits per heavy atom. The highest BCUT2D eigenvalue weighted by Crippen LogP contribution is 2.35. The smallest absolute Gasteiger partial charge is 0.272 e. The Labute approximate surface area is 158 Å². The fraction of sp³-hybridized carbons (Fsp3) is 0.381. The van der Waals surface area contributed by atoms with E-state index in [4.69, 9.17) is 4.74 Å². The van der Waals surface area contributed by atoms with Crippen molar-refractivity contribution in [2.24, 2.45) is 0 Å². The van der Waals surface area contributed by atoms with Crippen LogP contribution < -0.4 is 4.74 Å². The number of aromatic nitrogens is 1. The van der Waals surface area contributed by atoms with E-state index in [0.29, 0.717) is 44.7 Å². The third-order valence-electron chi connectivity index (χ3n) is 5.43. The molecule has 0 bridgehead atoms. The van der Waals surface area contributed by atoms with E-state index >= 15 is 0 Å². The minimum absolute atomic E-state index is 0.0432. The van der Waals surface area contributed by atoms with Gasteiger partial charge in [0.1, 0.15) is 17.0 Å². The van der Waals surface area contributed by atoms with Gasteiger partial charge in [-0.25, -0.2) is 0 Å². The van der Waals surface area contributed by atoms with Crippen LogP contribution in [0.2, 0.25) is 0 Å². The maximum absolute atomic E-state index is 12.7. The number of nitrogens with zero attached hydrogens (tertiary/aromatic N) is 3. The molecule has 0 aliphatic carbocycles. The highest BCUT2D eigenvalue weighted by molar-refractivity contribution is 5.92. The van der Waals surface area contributed by atoms with E-state index in [1.54, 1.807) is 25.3 Å². The number of carbonyl (C=O) groups excluding carboxylic acids is 2. The number of para-hydroxylation sites is 1. The SMILES string of the molecule is CC(=O)N1Cc2ccccc2OC2(CCN(C(=O)c3ccccn3)CC2)C1. The van der Waals surface area contributed by atoms with Crippen LogP contribution in [0.4, 0.5) is 0 Å². The lowest BCUT2D eigenvalue weighted by molar-refractivity contribution is -0.132. The lowest BCUT2D eigenvalue weighted by Crippen LogP contribution is -2.55. The summed E-state index contributed by atoms with van der Waals surface area (Å²) in [5, 5.41) is 0. The highest BCUT2D eigenvalue weighted by atomic mass is 16.5. The number of ether oxygens (including phenoxy) is 1. The number of carbonyl (C=O) groups is 2. The Bertz CT molecular complexity index is 845. The van der Waals surface area contributed by atoms with E-state index in [1.807, 2.05) is 40.1 Å². The van der Waals surface area contributed by atoms with Crippen LogP contribution in [0.3, 0.4) is 0 Å². The van der Waals surface area contributed by atoms with Crippen LogP contribution in [0.5, 0.6) is 5.75 Å². The molecule has 6 heteroatoms. The number of rotatable bonds is 1. The number of benzene rings is 1. The van der Waals surface area contributed by atoms with E-state index in [9.17, 15) is 9.59 Å². The Morgan fingerprint density at radius 1 is 1.04 bits per heavy atom. The largest absolute Gasteiger partial charge is 0.485 e. The Balaban J connectivity index is 1.54. The quantitative estimate of drug-likeness (QED) is 0.779. The number of amides is 2. The van der Waals surface area contributed by atoms with Gasteiger partial charge in [0, 0.05) is 51.2 Å². The van der Waals surface area contributed by atoms with Crippen LogP contribution in [0.1, 0.15) is 35.8 Å². The first-order valence-corrected chi connectivity index (χ1v) is 9.29. The summed E-state index contributed by atoms with van der Waals surface area (Å²) in [6.07, 6.45) is 3.00. The van der Waals surface area contributed by atoms with Crippen molar-refractivity contribution < 1.29 is 14.3 Å². The molecule has 27 heavy (non-hydrogen) atoms. The summed E-state index contributed by atoms with van der Waals surface area (Å²) in [4.78, 5) is 32.6. The highest BCUT2D eigenvalue weighted by Gasteiger charge is 2.42. The second kappa shape index (κ2) is 7.02. The summed E-state index contributed by atoms with van der Waals surface area (Å²) in [7, 11) is 0. The molecule has 1 aromatic carbocycles. The van der Waals surface area contributed by atoms with Gasteiger partial charge in [0.05, 0.1) is 6.54 Å². The van der Waals surface area contributed by atoms with Crippen molar-refractivity contribution in [3.63, 3.8) is 0 Å². The monoisotopic (exact) mass is 365 g/mol. The number of piperidine rings is 1. The Kier molecular flexibility index (Phi) is 4.56. The van der Waals surface area contributed by atoms with Gasteiger partial charge >= 0.3 is 0 Å². The molecule has 1 aromatic heterocycles. The molecule has 140 valence electrons. The van der Waals surface area contributed by atoms with Gasteiger partial charge in [-0.15, -0.1) is 0 Å². The zero-order valence-electron chi connectivity index (χ0n) is 15.4. The summed E-state index contributed by atoms with van der Waals surface area (Å²) >= 11 is 0. The van der Waals surface area contributed by atoms with Crippen molar-refractivity contribution in [2.45, 2.75) is 31.9 Å².